The maximum Gasteiger partial charge on any atom is 0.266 e. The minimum absolute atomic E-state index is 0.184. The zero-order valence-electron chi connectivity index (χ0n) is 17.0. The molecule has 2 aromatic heterocycles. The number of aromatic nitrogens is 2. The Bertz CT molecular complexity index is 1190. The van der Waals surface area contributed by atoms with Crippen molar-refractivity contribution in [1.29, 1.82) is 0 Å². The Morgan fingerprint density at radius 1 is 1.10 bits per heavy atom. The van der Waals surface area contributed by atoms with E-state index in [4.69, 9.17) is 4.74 Å². The second kappa shape index (κ2) is 8.51. The van der Waals surface area contributed by atoms with E-state index in [1.165, 1.54) is 11.3 Å². The number of carbonyl (C=O) groups excluding carboxylic acids is 1. The SMILES string of the molecule is CCOc1ccccc1NC(=O)c1sc2ncnc(N(C)c3ccccc3)c2c1C. The van der Waals surface area contributed by atoms with E-state index in [1.54, 1.807) is 6.33 Å². The van der Waals surface area contributed by atoms with Crippen molar-refractivity contribution in [2.75, 3.05) is 23.9 Å². The molecule has 1 amide bonds. The topological polar surface area (TPSA) is 67.3 Å². The van der Waals surface area contributed by atoms with Crippen molar-refractivity contribution in [3.63, 3.8) is 0 Å². The van der Waals surface area contributed by atoms with Gasteiger partial charge in [0.1, 0.15) is 22.7 Å². The molecule has 0 saturated heterocycles. The van der Waals surface area contributed by atoms with Crippen LogP contribution in [0.1, 0.15) is 22.2 Å². The smallest absolute Gasteiger partial charge is 0.266 e. The van der Waals surface area contributed by atoms with Gasteiger partial charge in [-0.25, -0.2) is 9.97 Å². The van der Waals surface area contributed by atoms with E-state index in [0.29, 0.717) is 22.9 Å². The number of thiophene rings is 1. The summed E-state index contributed by atoms with van der Waals surface area (Å²) in [5.41, 5.74) is 2.52. The molecule has 0 aliphatic carbocycles. The fourth-order valence-corrected chi connectivity index (χ4v) is 4.37. The third-order valence-electron chi connectivity index (χ3n) is 4.81. The van der Waals surface area contributed by atoms with Gasteiger partial charge in [-0.05, 0) is 43.7 Å². The lowest BCUT2D eigenvalue weighted by atomic mass is 10.1. The van der Waals surface area contributed by atoms with E-state index in [9.17, 15) is 4.79 Å². The molecular formula is C23H22N4O2S. The zero-order valence-corrected chi connectivity index (χ0v) is 17.9. The highest BCUT2D eigenvalue weighted by atomic mass is 32.1. The van der Waals surface area contributed by atoms with Crippen LogP contribution in [-0.4, -0.2) is 29.5 Å². The molecule has 152 valence electrons. The van der Waals surface area contributed by atoms with Crippen LogP contribution in [0.5, 0.6) is 5.75 Å². The lowest BCUT2D eigenvalue weighted by Gasteiger charge is -2.19. The summed E-state index contributed by atoms with van der Waals surface area (Å²) < 4.78 is 5.62. The predicted octanol–water partition coefficient (Wildman–Crippen LogP) is 5.42. The molecule has 4 aromatic rings. The van der Waals surface area contributed by atoms with Crippen molar-refractivity contribution in [3.05, 3.63) is 71.4 Å². The normalized spacial score (nSPS) is 10.8. The molecule has 2 heterocycles. The third kappa shape index (κ3) is 3.71. The summed E-state index contributed by atoms with van der Waals surface area (Å²) in [4.78, 5) is 25.4. The van der Waals surface area contributed by atoms with Crippen LogP contribution < -0.4 is 15.0 Å². The summed E-state index contributed by atoms with van der Waals surface area (Å²) in [7, 11) is 1.96. The predicted molar refractivity (Wildman–Crippen MR) is 122 cm³/mol. The van der Waals surface area contributed by atoms with Crippen LogP contribution in [0.2, 0.25) is 0 Å². The molecule has 1 N–H and O–H groups in total. The zero-order chi connectivity index (χ0) is 21.1. The van der Waals surface area contributed by atoms with E-state index in [1.807, 2.05) is 80.4 Å². The Morgan fingerprint density at radius 2 is 1.83 bits per heavy atom. The first kappa shape index (κ1) is 19.8. The Morgan fingerprint density at radius 3 is 2.60 bits per heavy atom. The van der Waals surface area contributed by atoms with E-state index < -0.39 is 0 Å². The Balaban J connectivity index is 1.72. The van der Waals surface area contributed by atoms with Gasteiger partial charge in [-0.2, -0.15) is 0 Å². The lowest BCUT2D eigenvalue weighted by molar-refractivity contribution is 0.102. The number of benzene rings is 2. The number of fused-ring (bicyclic) bond motifs is 1. The summed E-state index contributed by atoms with van der Waals surface area (Å²) in [5.74, 6) is 1.24. The maximum absolute atomic E-state index is 13.1. The molecule has 0 aliphatic heterocycles. The summed E-state index contributed by atoms with van der Waals surface area (Å²) in [6.45, 7) is 4.38. The minimum Gasteiger partial charge on any atom is -0.492 e. The molecule has 6 nitrogen and oxygen atoms in total. The van der Waals surface area contributed by atoms with E-state index in [-0.39, 0.29) is 5.91 Å². The molecule has 0 aliphatic rings. The van der Waals surface area contributed by atoms with Gasteiger partial charge < -0.3 is 15.0 Å². The summed E-state index contributed by atoms with van der Waals surface area (Å²) >= 11 is 1.37. The second-order valence-corrected chi connectivity index (χ2v) is 7.71. The monoisotopic (exact) mass is 418 g/mol. The average molecular weight is 419 g/mol. The molecule has 0 unspecified atom stereocenters. The molecule has 30 heavy (non-hydrogen) atoms. The highest BCUT2D eigenvalue weighted by Gasteiger charge is 2.22. The molecule has 0 bridgehead atoms. The lowest BCUT2D eigenvalue weighted by Crippen LogP contribution is -2.13. The quantitative estimate of drug-likeness (QED) is 0.453. The summed E-state index contributed by atoms with van der Waals surface area (Å²) in [6.07, 6.45) is 1.54. The molecule has 4 rings (SSSR count). The minimum atomic E-state index is -0.184. The first-order chi connectivity index (χ1) is 14.6. The Hall–Kier alpha value is -3.45. The molecule has 0 spiro atoms. The summed E-state index contributed by atoms with van der Waals surface area (Å²) in [6, 6.07) is 17.4. The number of anilines is 3. The van der Waals surface area contributed by atoms with Gasteiger partial charge in [0.05, 0.1) is 22.6 Å². The average Bonchev–Trinajstić information content (AvgIpc) is 3.12. The fraction of sp³-hybridized carbons (Fsp3) is 0.174. The number of nitrogens with one attached hydrogen (secondary N) is 1. The van der Waals surface area contributed by atoms with E-state index >= 15 is 0 Å². The summed E-state index contributed by atoms with van der Waals surface area (Å²) in [5, 5.41) is 3.86. The number of nitrogens with zero attached hydrogens (tertiary/aromatic N) is 3. The van der Waals surface area contributed by atoms with Gasteiger partial charge >= 0.3 is 0 Å². The van der Waals surface area contributed by atoms with Gasteiger partial charge in [-0.1, -0.05) is 30.3 Å². The molecule has 7 heteroatoms. The van der Waals surface area contributed by atoms with Gasteiger partial charge in [0.2, 0.25) is 0 Å². The van der Waals surface area contributed by atoms with Crippen molar-refractivity contribution in [3.8, 4) is 5.75 Å². The number of hydrogen-bond acceptors (Lipinski definition) is 6. The van der Waals surface area contributed by atoms with Crippen molar-refractivity contribution >= 4 is 44.7 Å². The van der Waals surface area contributed by atoms with Crippen molar-refractivity contribution in [2.45, 2.75) is 13.8 Å². The number of para-hydroxylation sites is 3. The van der Waals surface area contributed by atoms with Gasteiger partial charge in [-0.3, -0.25) is 4.79 Å². The number of amides is 1. The number of hydrogen-bond donors (Lipinski definition) is 1. The van der Waals surface area contributed by atoms with Crippen LogP contribution >= 0.6 is 11.3 Å². The number of ether oxygens (including phenoxy) is 1. The Kier molecular flexibility index (Phi) is 5.63. The van der Waals surface area contributed by atoms with Gasteiger partial charge in [0.25, 0.3) is 5.91 Å². The van der Waals surface area contributed by atoms with E-state index in [0.717, 1.165) is 27.3 Å². The standard InChI is InChI=1S/C23H22N4O2S/c1-4-29-18-13-9-8-12-17(18)26-22(28)20-15(2)19-21(24-14-25-23(19)30-20)27(3)16-10-6-5-7-11-16/h5-14H,4H2,1-3H3,(H,26,28). The third-order valence-corrected chi connectivity index (χ3v) is 6.01. The number of aryl methyl sites for hydroxylation is 1. The first-order valence-corrected chi connectivity index (χ1v) is 10.5. The Labute approximate surface area is 179 Å². The maximum atomic E-state index is 13.1. The molecule has 2 aromatic carbocycles. The first-order valence-electron chi connectivity index (χ1n) is 9.66. The fourth-order valence-electron chi connectivity index (χ4n) is 3.33. The number of carbonyl (C=O) groups is 1. The van der Waals surface area contributed by atoms with Crippen molar-refractivity contribution in [2.24, 2.45) is 0 Å². The molecule has 0 atom stereocenters. The highest BCUT2D eigenvalue weighted by Crippen LogP contribution is 2.37. The van der Waals surface area contributed by atoms with Crippen LogP contribution in [-0.2, 0) is 0 Å². The van der Waals surface area contributed by atoms with Gasteiger partial charge in [0, 0.05) is 12.7 Å². The van der Waals surface area contributed by atoms with Crippen LogP contribution in [0.3, 0.4) is 0 Å². The van der Waals surface area contributed by atoms with Gasteiger partial charge in [-0.15, -0.1) is 11.3 Å². The second-order valence-electron chi connectivity index (χ2n) is 6.71. The van der Waals surface area contributed by atoms with Crippen LogP contribution in [0.4, 0.5) is 17.2 Å². The molecular weight excluding hydrogens is 396 g/mol. The number of rotatable bonds is 6. The van der Waals surface area contributed by atoms with E-state index in [2.05, 4.69) is 15.3 Å². The molecule has 0 radical (unpaired) electrons. The van der Waals surface area contributed by atoms with Crippen molar-refractivity contribution < 1.29 is 9.53 Å². The van der Waals surface area contributed by atoms with Crippen LogP contribution in [0.25, 0.3) is 10.2 Å². The molecule has 0 saturated carbocycles. The van der Waals surface area contributed by atoms with Gasteiger partial charge in [0.15, 0.2) is 0 Å². The van der Waals surface area contributed by atoms with Crippen molar-refractivity contribution in [1.82, 2.24) is 9.97 Å². The highest BCUT2D eigenvalue weighted by molar-refractivity contribution is 7.20. The van der Waals surface area contributed by atoms with Crippen LogP contribution in [0.15, 0.2) is 60.9 Å². The molecule has 0 fully saturated rings. The largest absolute Gasteiger partial charge is 0.492 e. The van der Waals surface area contributed by atoms with Crippen LogP contribution in [0, 0.1) is 6.92 Å².